The predicted octanol–water partition coefficient (Wildman–Crippen LogP) is 7.55. The van der Waals surface area contributed by atoms with Crippen LogP contribution in [0.4, 0.5) is 0 Å². The highest BCUT2D eigenvalue weighted by atomic mass is 15.0. The predicted molar refractivity (Wildman–Crippen MR) is 126 cm³/mol. The molecule has 1 nitrogen and oxygen atoms in total. The van der Waals surface area contributed by atoms with E-state index in [1.165, 1.54) is 57.9 Å². The minimum Gasteiger partial charge on any atom is -0.313 e. The molecular weight excluding hydrogens is 350 g/mol. The standard InChI is InChI=1S/C28H51N/c1-26(2,3)19-13-14-21-22(15-19)23-16-20(27(4,5)6)17-29-25(23)24(21)28(7,8)18-11-9-10-12-18/h18-25,29H,9-17H2,1-8H3. The van der Waals surface area contributed by atoms with Crippen LogP contribution in [0.5, 0.6) is 0 Å². The molecule has 4 aliphatic rings. The van der Waals surface area contributed by atoms with E-state index >= 15 is 0 Å². The van der Waals surface area contributed by atoms with Gasteiger partial charge in [0.1, 0.15) is 0 Å². The molecule has 1 heteroatoms. The maximum atomic E-state index is 4.23. The Balaban J connectivity index is 1.64. The largest absolute Gasteiger partial charge is 0.313 e. The van der Waals surface area contributed by atoms with E-state index in [0.717, 1.165) is 47.5 Å². The zero-order valence-electron chi connectivity index (χ0n) is 21.0. The summed E-state index contributed by atoms with van der Waals surface area (Å²) in [7, 11) is 0. The fourth-order valence-electron chi connectivity index (χ4n) is 8.66. The first-order chi connectivity index (χ1) is 13.4. The van der Waals surface area contributed by atoms with Crippen LogP contribution >= 0.6 is 0 Å². The normalized spacial score (nSPS) is 42.0. The molecule has 0 aromatic heterocycles. The summed E-state index contributed by atoms with van der Waals surface area (Å²) in [6.45, 7) is 21.6. The van der Waals surface area contributed by atoms with Crippen LogP contribution in [0.2, 0.25) is 0 Å². The Kier molecular flexibility index (Phi) is 5.75. The van der Waals surface area contributed by atoms with Crippen molar-refractivity contribution in [1.29, 1.82) is 0 Å². The quantitative estimate of drug-likeness (QED) is 0.503. The van der Waals surface area contributed by atoms with Crippen molar-refractivity contribution in [3.8, 4) is 0 Å². The van der Waals surface area contributed by atoms with Crippen LogP contribution in [-0.2, 0) is 0 Å². The third-order valence-electron chi connectivity index (χ3n) is 10.7. The maximum absolute atomic E-state index is 4.23. The number of hydrogen-bond donors (Lipinski definition) is 1. The van der Waals surface area contributed by atoms with Crippen LogP contribution in [0.1, 0.15) is 107 Å². The van der Waals surface area contributed by atoms with Gasteiger partial charge < -0.3 is 5.32 Å². The summed E-state index contributed by atoms with van der Waals surface area (Å²) >= 11 is 0. The van der Waals surface area contributed by atoms with Gasteiger partial charge in [-0.05, 0) is 103 Å². The third-order valence-corrected chi connectivity index (χ3v) is 10.7. The Hall–Kier alpha value is -0.0400. The molecule has 7 unspecified atom stereocenters. The van der Waals surface area contributed by atoms with Crippen LogP contribution in [0.3, 0.4) is 0 Å². The summed E-state index contributed by atoms with van der Waals surface area (Å²) in [6, 6.07) is 0.790. The fourth-order valence-corrected chi connectivity index (χ4v) is 8.66. The molecule has 3 saturated carbocycles. The van der Waals surface area contributed by atoms with Gasteiger partial charge in [-0.1, -0.05) is 68.2 Å². The van der Waals surface area contributed by atoms with Crippen LogP contribution in [-0.4, -0.2) is 12.6 Å². The Labute approximate surface area is 182 Å². The summed E-state index contributed by atoms with van der Waals surface area (Å²) in [6.07, 6.45) is 11.9. The van der Waals surface area contributed by atoms with Gasteiger partial charge in [0.15, 0.2) is 0 Å². The molecule has 1 heterocycles. The highest BCUT2D eigenvalue weighted by Crippen LogP contribution is 2.63. The molecule has 0 aromatic carbocycles. The van der Waals surface area contributed by atoms with E-state index in [1.807, 2.05) is 0 Å². The summed E-state index contributed by atoms with van der Waals surface area (Å²) in [5.41, 5.74) is 1.42. The van der Waals surface area contributed by atoms with E-state index in [2.05, 4.69) is 60.7 Å². The molecule has 4 rings (SSSR count). The van der Waals surface area contributed by atoms with Crippen molar-refractivity contribution in [3.63, 3.8) is 0 Å². The number of piperidine rings is 1. The average molecular weight is 402 g/mol. The molecular formula is C28H51N. The number of rotatable bonds is 2. The molecule has 168 valence electrons. The second-order valence-corrected chi connectivity index (χ2v) is 14.4. The highest BCUT2D eigenvalue weighted by Gasteiger charge is 2.59. The van der Waals surface area contributed by atoms with Crippen LogP contribution in [0, 0.1) is 57.7 Å². The molecule has 1 aliphatic heterocycles. The molecule has 3 aliphatic carbocycles. The average Bonchev–Trinajstić information content (AvgIpc) is 3.26. The molecule has 29 heavy (non-hydrogen) atoms. The van der Waals surface area contributed by atoms with E-state index in [0.29, 0.717) is 16.2 Å². The molecule has 0 bridgehead atoms. The Morgan fingerprint density at radius 2 is 1.17 bits per heavy atom. The van der Waals surface area contributed by atoms with Gasteiger partial charge >= 0.3 is 0 Å². The van der Waals surface area contributed by atoms with Crippen LogP contribution in [0.25, 0.3) is 0 Å². The van der Waals surface area contributed by atoms with Gasteiger partial charge in [0.05, 0.1) is 0 Å². The van der Waals surface area contributed by atoms with Gasteiger partial charge in [0, 0.05) is 6.04 Å². The van der Waals surface area contributed by atoms with Crippen molar-refractivity contribution >= 4 is 0 Å². The van der Waals surface area contributed by atoms with Gasteiger partial charge in [0.2, 0.25) is 0 Å². The highest BCUT2D eigenvalue weighted by molar-refractivity contribution is 5.11. The first-order valence-corrected chi connectivity index (χ1v) is 13.1. The number of hydrogen-bond acceptors (Lipinski definition) is 1. The molecule has 7 atom stereocenters. The van der Waals surface area contributed by atoms with Crippen LogP contribution in [0.15, 0.2) is 0 Å². The first kappa shape index (κ1) is 22.2. The topological polar surface area (TPSA) is 12.0 Å². The van der Waals surface area contributed by atoms with Crippen molar-refractivity contribution < 1.29 is 0 Å². The van der Waals surface area contributed by atoms with Gasteiger partial charge in [-0.15, -0.1) is 0 Å². The lowest BCUT2D eigenvalue weighted by atomic mass is 9.59. The fraction of sp³-hybridized carbons (Fsp3) is 1.00. The van der Waals surface area contributed by atoms with Gasteiger partial charge in [0.25, 0.3) is 0 Å². The SMILES string of the molecule is CC(C)(C)C1CCC2C(C1)C1CC(C(C)(C)C)CNC1C2C(C)(C)C1CCCC1. The summed E-state index contributed by atoms with van der Waals surface area (Å²) in [4.78, 5) is 0. The van der Waals surface area contributed by atoms with Crippen molar-refractivity contribution in [1.82, 2.24) is 5.32 Å². The summed E-state index contributed by atoms with van der Waals surface area (Å²) in [5.74, 6) is 6.51. The molecule has 4 fully saturated rings. The summed E-state index contributed by atoms with van der Waals surface area (Å²) < 4.78 is 0. The maximum Gasteiger partial charge on any atom is 0.0134 e. The Morgan fingerprint density at radius 3 is 1.76 bits per heavy atom. The third kappa shape index (κ3) is 3.96. The smallest absolute Gasteiger partial charge is 0.0134 e. The summed E-state index contributed by atoms with van der Waals surface area (Å²) in [5, 5.41) is 4.23. The monoisotopic (exact) mass is 401 g/mol. The number of nitrogens with one attached hydrogen (secondary N) is 1. The van der Waals surface area contributed by atoms with Gasteiger partial charge in [-0.25, -0.2) is 0 Å². The van der Waals surface area contributed by atoms with E-state index in [4.69, 9.17) is 0 Å². The van der Waals surface area contributed by atoms with E-state index in [9.17, 15) is 0 Å². The van der Waals surface area contributed by atoms with E-state index in [-0.39, 0.29) is 0 Å². The Bertz CT molecular complexity index is 532. The zero-order valence-corrected chi connectivity index (χ0v) is 21.0. The molecule has 0 radical (unpaired) electrons. The van der Waals surface area contributed by atoms with Crippen molar-refractivity contribution in [2.24, 2.45) is 57.7 Å². The minimum absolute atomic E-state index is 0.435. The second kappa shape index (κ2) is 7.53. The van der Waals surface area contributed by atoms with Crippen molar-refractivity contribution in [3.05, 3.63) is 0 Å². The molecule has 0 amide bonds. The van der Waals surface area contributed by atoms with Crippen molar-refractivity contribution in [2.75, 3.05) is 6.54 Å². The Morgan fingerprint density at radius 1 is 0.586 bits per heavy atom. The molecule has 0 spiro atoms. The van der Waals surface area contributed by atoms with Crippen LogP contribution < -0.4 is 5.32 Å². The molecule has 0 aromatic rings. The zero-order chi connectivity index (χ0) is 21.2. The van der Waals surface area contributed by atoms with Gasteiger partial charge in [-0.2, -0.15) is 0 Å². The minimum atomic E-state index is 0.435. The first-order valence-electron chi connectivity index (χ1n) is 13.1. The van der Waals surface area contributed by atoms with E-state index in [1.54, 1.807) is 0 Å². The van der Waals surface area contributed by atoms with Gasteiger partial charge in [-0.3, -0.25) is 0 Å². The van der Waals surface area contributed by atoms with Crippen molar-refractivity contribution in [2.45, 2.75) is 113 Å². The molecule has 1 saturated heterocycles. The number of fused-ring (bicyclic) bond motifs is 3. The second-order valence-electron chi connectivity index (χ2n) is 14.4. The van der Waals surface area contributed by atoms with E-state index < -0.39 is 0 Å². The lowest BCUT2D eigenvalue weighted by Gasteiger charge is -2.48. The molecule has 1 N–H and O–H groups in total. The lowest BCUT2D eigenvalue weighted by Crippen LogP contribution is -2.53. The lowest BCUT2D eigenvalue weighted by molar-refractivity contribution is 0.0265.